The monoisotopic (exact) mass is 403 g/mol. The first-order valence-electron chi connectivity index (χ1n) is 9.80. The van der Waals surface area contributed by atoms with E-state index in [4.69, 9.17) is 0 Å². The summed E-state index contributed by atoms with van der Waals surface area (Å²) < 4.78 is 1.67. The van der Waals surface area contributed by atoms with E-state index in [1.165, 1.54) is 4.90 Å². The molecule has 3 amide bonds. The summed E-state index contributed by atoms with van der Waals surface area (Å²) in [6, 6.07) is 13.2. The van der Waals surface area contributed by atoms with E-state index in [2.05, 4.69) is 15.4 Å². The van der Waals surface area contributed by atoms with Gasteiger partial charge in [0.1, 0.15) is 5.69 Å². The number of para-hydroxylation sites is 1. The molecule has 0 spiro atoms. The quantitative estimate of drug-likeness (QED) is 0.482. The minimum atomic E-state index is -0.268. The van der Waals surface area contributed by atoms with Gasteiger partial charge in [0.05, 0.1) is 11.3 Å². The van der Waals surface area contributed by atoms with Crippen LogP contribution in [0.1, 0.15) is 29.6 Å². The van der Waals surface area contributed by atoms with Gasteiger partial charge in [0.25, 0.3) is 5.91 Å². The molecule has 0 bridgehead atoms. The van der Waals surface area contributed by atoms with E-state index in [0.717, 1.165) is 11.3 Å². The van der Waals surface area contributed by atoms with Crippen LogP contribution >= 0.6 is 0 Å². The molecule has 152 valence electrons. The summed E-state index contributed by atoms with van der Waals surface area (Å²) in [5.74, 6) is -0.557. The van der Waals surface area contributed by atoms with Crippen molar-refractivity contribution in [1.29, 1.82) is 0 Å². The lowest BCUT2D eigenvalue weighted by molar-refractivity contribution is -0.138. The summed E-state index contributed by atoms with van der Waals surface area (Å²) in [6.45, 7) is 0.662. The fourth-order valence-corrected chi connectivity index (χ4v) is 3.38. The SMILES string of the molecule is O=C(NCCCN1C(=O)CCC1=O)c1cn(-c2ccccc2)nc1-c1cccnc1. The predicted octanol–water partition coefficient (Wildman–Crippen LogP) is 2.20. The van der Waals surface area contributed by atoms with Crippen LogP contribution in [0.4, 0.5) is 0 Å². The normalized spacial score (nSPS) is 13.7. The van der Waals surface area contributed by atoms with E-state index in [0.29, 0.717) is 30.8 Å². The third kappa shape index (κ3) is 4.12. The zero-order valence-corrected chi connectivity index (χ0v) is 16.3. The van der Waals surface area contributed by atoms with Crippen LogP contribution < -0.4 is 5.32 Å². The lowest BCUT2D eigenvalue weighted by Crippen LogP contribution is -2.33. The number of carbonyl (C=O) groups excluding carboxylic acids is 3. The average Bonchev–Trinajstić information content (AvgIpc) is 3.37. The zero-order valence-electron chi connectivity index (χ0n) is 16.3. The highest BCUT2D eigenvalue weighted by atomic mass is 16.2. The van der Waals surface area contributed by atoms with Crippen molar-refractivity contribution in [3.8, 4) is 16.9 Å². The van der Waals surface area contributed by atoms with Gasteiger partial charge in [-0.3, -0.25) is 24.3 Å². The molecule has 0 radical (unpaired) electrons. The number of amides is 3. The molecule has 4 rings (SSSR count). The van der Waals surface area contributed by atoms with Crippen molar-refractivity contribution in [1.82, 2.24) is 25.0 Å². The first kappa shape index (κ1) is 19.5. The van der Waals surface area contributed by atoms with E-state index in [9.17, 15) is 14.4 Å². The maximum Gasteiger partial charge on any atom is 0.255 e. The van der Waals surface area contributed by atoms with Crippen molar-refractivity contribution in [3.63, 3.8) is 0 Å². The number of aromatic nitrogens is 3. The summed E-state index contributed by atoms with van der Waals surface area (Å²) in [5.41, 5.74) is 2.55. The first-order valence-corrected chi connectivity index (χ1v) is 9.80. The topological polar surface area (TPSA) is 97.2 Å². The summed E-state index contributed by atoms with van der Waals surface area (Å²) in [7, 11) is 0. The Kier molecular flexibility index (Phi) is 5.65. The Morgan fingerprint density at radius 3 is 2.50 bits per heavy atom. The zero-order chi connectivity index (χ0) is 20.9. The molecule has 2 aromatic heterocycles. The molecule has 1 N–H and O–H groups in total. The van der Waals surface area contributed by atoms with Crippen LogP contribution in [0.15, 0.2) is 61.1 Å². The second kappa shape index (κ2) is 8.69. The molecule has 3 heterocycles. The Balaban J connectivity index is 1.49. The van der Waals surface area contributed by atoms with E-state index in [1.54, 1.807) is 29.3 Å². The van der Waals surface area contributed by atoms with E-state index >= 15 is 0 Å². The fraction of sp³-hybridized carbons (Fsp3) is 0.227. The second-order valence-corrected chi connectivity index (χ2v) is 6.96. The molecule has 1 fully saturated rings. The van der Waals surface area contributed by atoms with Crippen molar-refractivity contribution in [2.75, 3.05) is 13.1 Å². The van der Waals surface area contributed by atoms with Crippen molar-refractivity contribution in [3.05, 3.63) is 66.6 Å². The molecule has 1 saturated heterocycles. The van der Waals surface area contributed by atoms with Crippen LogP contribution in [0.3, 0.4) is 0 Å². The number of hydrogen-bond donors (Lipinski definition) is 1. The number of benzene rings is 1. The molecular formula is C22H21N5O3. The number of imide groups is 1. The number of nitrogens with zero attached hydrogens (tertiary/aromatic N) is 4. The van der Waals surface area contributed by atoms with Crippen molar-refractivity contribution < 1.29 is 14.4 Å². The van der Waals surface area contributed by atoms with Crippen molar-refractivity contribution in [2.45, 2.75) is 19.3 Å². The largest absolute Gasteiger partial charge is 0.352 e. The van der Waals surface area contributed by atoms with Gasteiger partial charge >= 0.3 is 0 Å². The molecule has 8 nitrogen and oxygen atoms in total. The van der Waals surface area contributed by atoms with Gasteiger partial charge in [-0.1, -0.05) is 18.2 Å². The predicted molar refractivity (Wildman–Crippen MR) is 110 cm³/mol. The number of hydrogen-bond acceptors (Lipinski definition) is 5. The third-order valence-corrected chi connectivity index (χ3v) is 4.91. The minimum Gasteiger partial charge on any atom is -0.352 e. The maximum atomic E-state index is 12.9. The maximum absolute atomic E-state index is 12.9. The molecule has 1 aromatic carbocycles. The van der Waals surface area contributed by atoms with Crippen LogP contribution in [0.2, 0.25) is 0 Å². The Morgan fingerprint density at radius 2 is 1.80 bits per heavy atom. The molecule has 0 saturated carbocycles. The fourth-order valence-electron chi connectivity index (χ4n) is 3.38. The van der Waals surface area contributed by atoms with Crippen molar-refractivity contribution in [2.24, 2.45) is 0 Å². The van der Waals surface area contributed by atoms with Gasteiger partial charge in [-0.05, 0) is 30.7 Å². The number of carbonyl (C=O) groups is 3. The third-order valence-electron chi connectivity index (χ3n) is 4.91. The average molecular weight is 403 g/mol. The van der Waals surface area contributed by atoms with Gasteiger partial charge in [-0.15, -0.1) is 0 Å². The lowest BCUT2D eigenvalue weighted by Gasteiger charge is -2.13. The smallest absolute Gasteiger partial charge is 0.255 e. The van der Waals surface area contributed by atoms with E-state index in [1.807, 2.05) is 36.4 Å². The number of nitrogens with one attached hydrogen (secondary N) is 1. The van der Waals surface area contributed by atoms with Gasteiger partial charge in [0.2, 0.25) is 11.8 Å². The highest BCUT2D eigenvalue weighted by Crippen LogP contribution is 2.23. The molecule has 1 aliphatic rings. The Morgan fingerprint density at radius 1 is 1.03 bits per heavy atom. The van der Waals surface area contributed by atoms with Crippen LogP contribution in [-0.4, -0.2) is 50.5 Å². The van der Waals surface area contributed by atoms with Gasteiger partial charge in [0, 0.05) is 50.1 Å². The lowest BCUT2D eigenvalue weighted by atomic mass is 10.1. The molecule has 0 aliphatic carbocycles. The van der Waals surface area contributed by atoms with Crippen LogP contribution in [0, 0.1) is 0 Å². The number of pyridine rings is 1. The number of rotatable bonds is 7. The Hall–Kier alpha value is -3.81. The van der Waals surface area contributed by atoms with E-state index in [-0.39, 0.29) is 30.6 Å². The van der Waals surface area contributed by atoms with Gasteiger partial charge in [0.15, 0.2) is 0 Å². The van der Waals surface area contributed by atoms with Crippen LogP contribution in [-0.2, 0) is 9.59 Å². The second-order valence-electron chi connectivity index (χ2n) is 6.96. The molecule has 3 aromatic rings. The summed E-state index contributed by atoms with van der Waals surface area (Å²) >= 11 is 0. The highest BCUT2D eigenvalue weighted by molar-refractivity contribution is 6.02. The van der Waals surface area contributed by atoms with Gasteiger partial charge in [-0.25, -0.2) is 4.68 Å². The van der Waals surface area contributed by atoms with E-state index < -0.39 is 0 Å². The van der Waals surface area contributed by atoms with Gasteiger partial charge in [-0.2, -0.15) is 5.10 Å². The summed E-state index contributed by atoms with van der Waals surface area (Å²) in [5, 5.41) is 7.47. The molecule has 30 heavy (non-hydrogen) atoms. The van der Waals surface area contributed by atoms with Crippen LogP contribution in [0.5, 0.6) is 0 Å². The summed E-state index contributed by atoms with van der Waals surface area (Å²) in [4.78, 5) is 41.6. The number of likely N-dealkylation sites (tertiary alicyclic amines) is 1. The van der Waals surface area contributed by atoms with Gasteiger partial charge < -0.3 is 5.32 Å². The Labute approximate surface area is 173 Å². The Bertz CT molecular complexity index is 1050. The first-order chi connectivity index (χ1) is 14.6. The highest BCUT2D eigenvalue weighted by Gasteiger charge is 2.28. The van der Waals surface area contributed by atoms with Crippen LogP contribution in [0.25, 0.3) is 16.9 Å². The molecule has 8 heteroatoms. The molecule has 1 aliphatic heterocycles. The van der Waals surface area contributed by atoms with Crippen molar-refractivity contribution >= 4 is 17.7 Å². The molecule has 0 atom stereocenters. The minimum absolute atomic E-state index is 0.144. The molecule has 0 unspecified atom stereocenters. The molecular weight excluding hydrogens is 382 g/mol. The standard InChI is InChI=1S/C22H21N5O3/c28-19-9-10-20(29)26(19)13-5-12-24-22(30)18-15-27(17-7-2-1-3-8-17)25-21(18)16-6-4-11-23-14-16/h1-4,6-8,11,14-15H,5,9-10,12-13H2,(H,24,30). The summed E-state index contributed by atoms with van der Waals surface area (Å²) in [6.07, 6.45) is 6.08.